The molecular formula is C31H33FN2O6S. The van der Waals surface area contributed by atoms with Crippen LogP contribution in [0.1, 0.15) is 49.7 Å². The van der Waals surface area contributed by atoms with Crippen LogP contribution in [0.25, 0.3) is 11.1 Å². The molecule has 2 saturated heterocycles. The summed E-state index contributed by atoms with van der Waals surface area (Å²) in [4.78, 5) is 16.4. The highest BCUT2D eigenvalue weighted by Crippen LogP contribution is 2.47. The maximum absolute atomic E-state index is 13.6. The van der Waals surface area contributed by atoms with Gasteiger partial charge < -0.3 is 9.47 Å². The molecular weight excluding hydrogens is 547 g/mol. The standard InChI is InChI=1S/C31H33FN2O6S/c1-2-39-29-18-28(22-5-7-24(32)8-6-22)27(21-3-4-21)17-23(29)19-33-15-13-31(14-16-33)20-34(30(35)40-31)25-9-11-26(12-10-25)41(36,37)38/h5-12,17-18,21H,2-4,13-16,19-20H2,1H3,(H,36,37,38). The number of carbonyl (C=O) groups excluding carboxylic acids is 1. The van der Waals surface area contributed by atoms with Crippen LogP contribution in [0.4, 0.5) is 14.9 Å². The van der Waals surface area contributed by atoms with Gasteiger partial charge in [-0.1, -0.05) is 12.1 Å². The second kappa shape index (κ2) is 10.7. The van der Waals surface area contributed by atoms with Gasteiger partial charge in [0.25, 0.3) is 10.1 Å². The highest BCUT2D eigenvalue weighted by atomic mass is 32.2. The largest absolute Gasteiger partial charge is 0.494 e. The van der Waals surface area contributed by atoms with Gasteiger partial charge in [-0.15, -0.1) is 0 Å². The van der Waals surface area contributed by atoms with Gasteiger partial charge in [-0.3, -0.25) is 14.4 Å². The highest BCUT2D eigenvalue weighted by Gasteiger charge is 2.47. The molecule has 10 heteroatoms. The molecule has 2 aliphatic heterocycles. The number of halogens is 1. The topological polar surface area (TPSA) is 96.4 Å². The van der Waals surface area contributed by atoms with Gasteiger partial charge in [0.15, 0.2) is 0 Å². The third kappa shape index (κ3) is 5.82. The Bertz CT molecular complexity index is 1550. The Kier molecular flexibility index (Phi) is 7.25. The Hall–Kier alpha value is -3.47. The van der Waals surface area contributed by atoms with Crippen molar-refractivity contribution < 1.29 is 31.6 Å². The smallest absolute Gasteiger partial charge is 0.415 e. The molecule has 1 amide bonds. The third-order valence-electron chi connectivity index (χ3n) is 8.28. The average molecular weight is 581 g/mol. The number of nitrogens with zero attached hydrogens (tertiary/aromatic N) is 2. The molecule has 1 spiro atoms. The second-order valence-electron chi connectivity index (χ2n) is 11.1. The minimum Gasteiger partial charge on any atom is -0.494 e. The fourth-order valence-corrected chi connectivity index (χ4v) is 6.39. The van der Waals surface area contributed by atoms with Crippen molar-refractivity contribution in [2.24, 2.45) is 0 Å². The van der Waals surface area contributed by atoms with Crippen LogP contribution in [0.3, 0.4) is 0 Å². The number of benzene rings is 3. The molecule has 0 radical (unpaired) electrons. The van der Waals surface area contributed by atoms with E-state index in [1.807, 2.05) is 19.1 Å². The van der Waals surface area contributed by atoms with E-state index in [0.29, 0.717) is 44.1 Å². The van der Waals surface area contributed by atoms with Gasteiger partial charge in [0.1, 0.15) is 17.2 Å². The van der Waals surface area contributed by atoms with Crippen molar-refractivity contribution in [1.29, 1.82) is 0 Å². The first-order valence-corrected chi connectivity index (χ1v) is 15.4. The van der Waals surface area contributed by atoms with Crippen molar-refractivity contribution in [2.45, 2.75) is 55.6 Å². The van der Waals surface area contributed by atoms with E-state index in [1.54, 1.807) is 0 Å². The van der Waals surface area contributed by atoms with E-state index in [4.69, 9.17) is 9.47 Å². The van der Waals surface area contributed by atoms with Crippen LogP contribution < -0.4 is 9.64 Å². The third-order valence-corrected chi connectivity index (χ3v) is 9.15. The summed E-state index contributed by atoms with van der Waals surface area (Å²) in [5, 5.41) is 0. The van der Waals surface area contributed by atoms with Gasteiger partial charge >= 0.3 is 6.09 Å². The second-order valence-corrected chi connectivity index (χ2v) is 12.6. The number of anilines is 1. The molecule has 1 aliphatic carbocycles. The summed E-state index contributed by atoms with van der Waals surface area (Å²) >= 11 is 0. The van der Waals surface area contributed by atoms with Gasteiger partial charge in [0.2, 0.25) is 0 Å². The van der Waals surface area contributed by atoms with Crippen LogP contribution in [0.15, 0.2) is 65.6 Å². The lowest BCUT2D eigenvalue weighted by Gasteiger charge is -2.37. The fourth-order valence-electron chi connectivity index (χ4n) is 5.91. The zero-order valence-electron chi connectivity index (χ0n) is 22.9. The summed E-state index contributed by atoms with van der Waals surface area (Å²) in [5.74, 6) is 1.09. The van der Waals surface area contributed by atoms with Crippen LogP contribution in [0, 0.1) is 5.82 Å². The monoisotopic (exact) mass is 580 g/mol. The van der Waals surface area contributed by atoms with E-state index >= 15 is 0 Å². The normalized spacial score (nSPS) is 19.0. The first-order chi connectivity index (χ1) is 19.6. The number of carbonyl (C=O) groups is 1. The van der Waals surface area contributed by atoms with Crippen molar-refractivity contribution in [1.82, 2.24) is 4.90 Å². The molecule has 3 fully saturated rings. The molecule has 1 N–H and O–H groups in total. The van der Waals surface area contributed by atoms with Crippen LogP contribution in [-0.4, -0.2) is 55.8 Å². The molecule has 216 valence electrons. The quantitative estimate of drug-likeness (QED) is 0.326. The molecule has 3 aliphatic rings. The van der Waals surface area contributed by atoms with Crippen LogP contribution >= 0.6 is 0 Å². The van der Waals surface area contributed by atoms with Crippen LogP contribution in [0.5, 0.6) is 5.75 Å². The Balaban J connectivity index is 1.17. The van der Waals surface area contributed by atoms with Gasteiger partial charge in [-0.25, -0.2) is 9.18 Å². The summed E-state index contributed by atoms with van der Waals surface area (Å²) in [7, 11) is -4.31. The lowest BCUT2D eigenvalue weighted by atomic mass is 9.90. The van der Waals surface area contributed by atoms with E-state index in [2.05, 4.69) is 17.0 Å². The van der Waals surface area contributed by atoms with Crippen LogP contribution in [0.2, 0.25) is 0 Å². The predicted molar refractivity (Wildman–Crippen MR) is 152 cm³/mol. The number of ether oxygens (including phenoxy) is 2. The Labute approximate surface area is 239 Å². The molecule has 8 nitrogen and oxygen atoms in total. The molecule has 0 atom stereocenters. The summed E-state index contributed by atoms with van der Waals surface area (Å²) in [6.45, 7) is 5.09. The lowest BCUT2D eigenvalue weighted by molar-refractivity contribution is -0.00111. The molecule has 0 aromatic heterocycles. The summed E-state index contributed by atoms with van der Waals surface area (Å²) < 4.78 is 57.5. The predicted octanol–water partition coefficient (Wildman–Crippen LogP) is 6.01. The zero-order valence-corrected chi connectivity index (χ0v) is 23.7. The lowest BCUT2D eigenvalue weighted by Crippen LogP contribution is -2.46. The van der Waals surface area contributed by atoms with Gasteiger partial charge in [0.05, 0.1) is 18.0 Å². The Morgan fingerprint density at radius 2 is 1.73 bits per heavy atom. The minimum atomic E-state index is -4.31. The number of rotatable bonds is 8. The van der Waals surface area contributed by atoms with E-state index < -0.39 is 21.8 Å². The van der Waals surface area contributed by atoms with Crippen molar-refractivity contribution in [2.75, 3.05) is 31.1 Å². The number of amides is 1. The van der Waals surface area contributed by atoms with Crippen LogP contribution in [-0.2, 0) is 21.4 Å². The molecule has 1 saturated carbocycles. The Morgan fingerprint density at radius 1 is 1.05 bits per heavy atom. The molecule has 6 rings (SSSR count). The maximum atomic E-state index is 13.6. The number of likely N-dealkylation sites (tertiary alicyclic amines) is 1. The molecule has 0 bridgehead atoms. The van der Waals surface area contributed by atoms with Crippen molar-refractivity contribution >= 4 is 21.9 Å². The first-order valence-electron chi connectivity index (χ1n) is 14.0. The molecule has 0 unspecified atom stereocenters. The van der Waals surface area contributed by atoms with Gasteiger partial charge in [0, 0.05) is 43.7 Å². The number of piperidine rings is 1. The van der Waals surface area contributed by atoms with Gasteiger partial charge in [-0.05, 0) is 90.9 Å². The maximum Gasteiger partial charge on any atom is 0.415 e. The first kappa shape index (κ1) is 27.7. The Morgan fingerprint density at radius 3 is 2.34 bits per heavy atom. The average Bonchev–Trinajstić information content (AvgIpc) is 3.74. The number of hydrogen-bond donors (Lipinski definition) is 1. The molecule has 41 heavy (non-hydrogen) atoms. The number of hydrogen-bond acceptors (Lipinski definition) is 6. The van der Waals surface area contributed by atoms with Crippen molar-refractivity contribution in [3.63, 3.8) is 0 Å². The van der Waals surface area contributed by atoms with E-state index in [9.17, 15) is 22.2 Å². The summed E-state index contributed by atoms with van der Waals surface area (Å²) in [6.07, 6.45) is 3.18. The fraction of sp³-hybridized carbons (Fsp3) is 0.387. The summed E-state index contributed by atoms with van der Waals surface area (Å²) in [6, 6.07) is 16.6. The summed E-state index contributed by atoms with van der Waals surface area (Å²) in [5.41, 5.74) is 4.41. The van der Waals surface area contributed by atoms with Crippen molar-refractivity contribution in [3.05, 3.63) is 77.6 Å². The highest BCUT2D eigenvalue weighted by molar-refractivity contribution is 7.85. The van der Waals surface area contributed by atoms with E-state index in [1.165, 1.54) is 46.9 Å². The van der Waals surface area contributed by atoms with E-state index in [-0.39, 0.29) is 10.7 Å². The minimum absolute atomic E-state index is 0.223. The van der Waals surface area contributed by atoms with Gasteiger partial charge in [-0.2, -0.15) is 8.42 Å². The van der Waals surface area contributed by atoms with Crippen molar-refractivity contribution in [3.8, 4) is 16.9 Å². The molecule has 3 aromatic carbocycles. The SMILES string of the molecule is CCOc1cc(-c2ccc(F)cc2)c(C2CC2)cc1CN1CCC2(CC1)CN(c1ccc(S(=O)(=O)O)cc1)C(=O)O2. The van der Waals surface area contributed by atoms with E-state index in [0.717, 1.165) is 48.4 Å². The molecule has 2 heterocycles. The molecule has 3 aromatic rings. The zero-order chi connectivity index (χ0) is 28.8.